The molecule has 1 unspecified atom stereocenters. The summed E-state index contributed by atoms with van der Waals surface area (Å²) in [6.45, 7) is 4.33. The first-order chi connectivity index (χ1) is 12.3. The van der Waals surface area contributed by atoms with Gasteiger partial charge in [0.2, 0.25) is 0 Å². The minimum atomic E-state index is 0.226. The van der Waals surface area contributed by atoms with Crippen LogP contribution >= 0.6 is 0 Å². The second kappa shape index (κ2) is 7.21. The highest BCUT2D eigenvalue weighted by Crippen LogP contribution is 2.34. The molecule has 0 saturated carbocycles. The normalized spacial score (nSPS) is 17.5. The molecule has 128 valence electrons. The lowest BCUT2D eigenvalue weighted by Crippen LogP contribution is -2.46. The number of aromatic nitrogens is 2. The number of benzene rings is 2. The molecule has 25 heavy (non-hydrogen) atoms. The summed E-state index contributed by atoms with van der Waals surface area (Å²) in [5.41, 5.74) is 4.88. The molecule has 4 nitrogen and oxygen atoms in total. The van der Waals surface area contributed by atoms with Gasteiger partial charge in [0, 0.05) is 31.7 Å². The van der Waals surface area contributed by atoms with Crippen molar-refractivity contribution in [3.05, 3.63) is 78.0 Å². The quantitative estimate of drug-likeness (QED) is 0.795. The summed E-state index contributed by atoms with van der Waals surface area (Å²) in [7, 11) is 2.20. The van der Waals surface area contributed by atoms with E-state index in [2.05, 4.69) is 87.7 Å². The van der Waals surface area contributed by atoms with Gasteiger partial charge in [-0.15, -0.1) is 0 Å². The van der Waals surface area contributed by atoms with Crippen LogP contribution in [0.5, 0.6) is 0 Å². The summed E-state index contributed by atoms with van der Waals surface area (Å²) >= 11 is 0. The van der Waals surface area contributed by atoms with E-state index < -0.39 is 0 Å². The van der Waals surface area contributed by atoms with E-state index in [-0.39, 0.29) is 6.04 Å². The Bertz CT molecular complexity index is 789. The summed E-state index contributed by atoms with van der Waals surface area (Å²) in [6.07, 6.45) is 2.00. The number of rotatable bonds is 4. The Kier molecular flexibility index (Phi) is 4.63. The van der Waals surface area contributed by atoms with Crippen LogP contribution in [0, 0.1) is 0 Å². The highest BCUT2D eigenvalue weighted by Gasteiger charge is 2.28. The zero-order valence-corrected chi connectivity index (χ0v) is 14.6. The van der Waals surface area contributed by atoms with Crippen LogP contribution in [0.1, 0.15) is 17.2 Å². The molecule has 1 aliphatic rings. The summed E-state index contributed by atoms with van der Waals surface area (Å²) in [4.78, 5) is 4.97. The van der Waals surface area contributed by atoms with Crippen molar-refractivity contribution in [2.24, 2.45) is 0 Å². The molecule has 0 amide bonds. The maximum Gasteiger partial charge on any atom is 0.0701 e. The Hall–Kier alpha value is -2.43. The van der Waals surface area contributed by atoms with Gasteiger partial charge in [-0.05, 0) is 18.2 Å². The second-order valence-corrected chi connectivity index (χ2v) is 6.72. The summed E-state index contributed by atoms with van der Waals surface area (Å²) in [5.74, 6) is 0. The van der Waals surface area contributed by atoms with Crippen LogP contribution in [0.15, 0.2) is 66.9 Å². The van der Waals surface area contributed by atoms with Crippen molar-refractivity contribution in [1.29, 1.82) is 0 Å². The molecular weight excluding hydrogens is 308 g/mol. The molecule has 1 fully saturated rings. The first-order valence-electron chi connectivity index (χ1n) is 8.89. The van der Waals surface area contributed by atoms with Crippen LogP contribution in [0.2, 0.25) is 0 Å². The molecule has 3 aromatic rings. The molecule has 0 bridgehead atoms. The lowest BCUT2D eigenvalue weighted by Gasteiger charge is -2.38. The molecule has 1 saturated heterocycles. The average molecular weight is 332 g/mol. The van der Waals surface area contributed by atoms with E-state index in [0.717, 1.165) is 31.9 Å². The molecule has 1 aliphatic heterocycles. The van der Waals surface area contributed by atoms with Gasteiger partial charge >= 0.3 is 0 Å². The third-order valence-corrected chi connectivity index (χ3v) is 5.04. The molecule has 1 aromatic heterocycles. The van der Waals surface area contributed by atoms with Crippen molar-refractivity contribution >= 4 is 0 Å². The zero-order chi connectivity index (χ0) is 17.1. The van der Waals surface area contributed by atoms with Crippen LogP contribution < -0.4 is 0 Å². The number of nitrogens with one attached hydrogen (secondary N) is 1. The third-order valence-electron chi connectivity index (χ3n) is 5.04. The van der Waals surface area contributed by atoms with E-state index in [0.29, 0.717) is 0 Å². The standard InChI is InChI=1S/C21H24N4/c1-24-12-14-25(15-13-24)21(18-10-6-3-7-11-18)19-16-22-23-20(19)17-8-4-2-5-9-17/h2-11,16,21H,12-15H2,1H3,(H,22,23). The van der Waals surface area contributed by atoms with Gasteiger partial charge in [0.05, 0.1) is 17.9 Å². The van der Waals surface area contributed by atoms with Crippen molar-refractivity contribution in [3.63, 3.8) is 0 Å². The molecule has 0 aliphatic carbocycles. The minimum absolute atomic E-state index is 0.226. The van der Waals surface area contributed by atoms with Gasteiger partial charge in [0.1, 0.15) is 0 Å². The predicted octanol–water partition coefficient (Wildman–Crippen LogP) is 3.41. The average Bonchev–Trinajstić information content (AvgIpc) is 3.14. The topological polar surface area (TPSA) is 35.2 Å². The number of hydrogen-bond acceptors (Lipinski definition) is 3. The van der Waals surface area contributed by atoms with Crippen LogP contribution in [0.4, 0.5) is 0 Å². The van der Waals surface area contributed by atoms with Crippen molar-refractivity contribution in [2.45, 2.75) is 6.04 Å². The van der Waals surface area contributed by atoms with Gasteiger partial charge in [-0.1, -0.05) is 60.7 Å². The number of H-pyrrole nitrogens is 1. The minimum Gasteiger partial charge on any atom is -0.304 e. The number of hydrogen-bond donors (Lipinski definition) is 1. The number of nitrogens with zero attached hydrogens (tertiary/aromatic N) is 3. The molecule has 0 radical (unpaired) electrons. The lowest BCUT2D eigenvalue weighted by molar-refractivity contribution is 0.127. The first kappa shape index (κ1) is 16.1. The van der Waals surface area contributed by atoms with Crippen molar-refractivity contribution in [3.8, 4) is 11.3 Å². The van der Waals surface area contributed by atoms with Gasteiger partial charge in [0.25, 0.3) is 0 Å². The highest BCUT2D eigenvalue weighted by molar-refractivity contribution is 5.64. The van der Waals surface area contributed by atoms with Gasteiger partial charge in [0.15, 0.2) is 0 Å². The third kappa shape index (κ3) is 3.36. The Morgan fingerprint density at radius 3 is 2.20 bits per heavy atom. The van der Waals surface area contributed by atoms with Crippen LogP contribution in [-0.2, 0) is 0 Å². The highest BCUT2D eigenvalue weighted by atomic mass is 15.3. The largest absolute Gasteiger partial charge is 0.304 e. The molecule has 1 atom stereocenters. The van der Waals surface area contributed by atoms with Crippen molar-refractivity contribution in [1.82, 2.24) is 20.0 Å². The maximum atomic E-state index is 4.39. The Morgan fingerprint density at radius 2 is 1.52 bits per heavy atom. The van der Waals surface area contributed by atoms with Crippen molar-refractivity contribution < 1.29 is 0 Å². The molecule has 4 rings (SSSR count). The molecule has 2 heterocycles. The SMILES string of the molecule is CN1CCN(C(c2ccccc2)c2cn[nH]c2-c2ccccc2)CC1. The molecule has 2 aromatic carbocycles. The van der Waals surface area contributed by atoms with Crippen LogP contribution in [0.3, 0.4) is 0 Å². The Balaban J connectivity index is 1.76. The monoisotopic (exact) mass is 332 g/mol. The smallest absolute Gasteiger partial charge is 0.0701 e. The summed E-state index contributed by atoms with van der Waals surface area (Å²) in [5, 5.41) is 7.63. The van der Waals surface area contributed by atoms with Crippen LogP contribution in [0.25, 0.3) is 11.3 Å². The molecule has 0 spiro atoms. The van der Waals surface area contributed by atoms with E-state index in [9.17, 15) is 0 Å². The first-order valence-corrected chi connectivity index (χ1v) is 8.89. The maximum absolute atomic E-state index is 4.39. The number of piperazine rings is 1. The fraction of sp³-hybridized carbons (Fsp3) is 0.286. The zero-order valence-electron chi connectivity index (χ0n) is 14.6. The van der Waals surface area contributed by atoms with Crippen molar-refractivity contribution in [2.75, 3.05) is 33.2 Å². The van der Waals surface area contributed by atoms with E-state index in [1.807, 2.05) is 6.20 Å². The van der Waals surface area contributed by atoms with E-state index in [1.165, 1.54) is 16.7 Å². The summed E-state index contributed by atoms with van der Waals surface area (Å²) < 4.78 is 0. The molecule has 1 N–H and O–H groups in total. The van der Waals surface area contributed by atoms with Gasteiger partial charge < -0.3 is 4.90 Å². The van der Waals surface area contributed by atoms with Gasteiger partial charge in [-0.3, -0.25) is 10.00 Å². The number of aromatic amines is 1. The Labute approximate surface area is 149 Å². The van der Waals surface area contributed by atoms with E-state index in [1.54, 1.807) is 0 Å². The number of likely N-dealkylation sites (N-methyl/N-ethyl adjacent to an activating group) is 1. The Morgan fingerprint density at radius 1 is 0.880 bits per heavy atom. The predicted molar refractivity (Wildman–Crippen MR) is 101 cm³/mol. The second-order valence-electron chi connectivity index (χ2n) is 6.72. The fourth-order valence-corrected chi connectivity index (χ4v) is 3.64. The van der Waals surface area contributed by atoms with Crippen LogP contribution in [-0.4, -0.2) is 53.2 Å². The van der Waals surface area contributed by atoms with Gasteiger partial charge in [-0.25, -0.2) is 0 Å². The lowest BCUT2D eigenvalue weighted by atomic mass is 9.94. The molecular formula is C21H24N4. The van der Waals surface area contributed by atoms with Gasteiger partial charge in [-0.2, -0.15) is 5.10 Å². The summed E-state index contributed by atoms with van der Waals surface area (Å²) in [6, 6.07) is 21.5. The van der Waals surface area contributed by atoms with E-state index in [4.69, 9.17) is 0 Å². The fourth-order valence-electron chi connectivity index (χ4n) is 3.64. The van der Waals surface area contributed by atoms with E-state index >= 15 is 0 Å². The molecule has 4 heteroatoms.